The number of carbonyl (C=O) groups excluding carboxylic acids is 1. The number of nitrogens with zero attached hydrogens (tertiary/aromatic N) is 3. The van der Waals surface area contributed by atoms with Crippen LogP contribution in [0.1, 0.15) is 11.4 Å². The highest BCUT2D eigenvalue weighted by Crippen LogP contribution is 2.18. The first kappa shape index (κ1) is 16.0. The van der Waals surface area contributed by atoms with Crippen molar-refractivity contribution in [3.8, 4) is 0 Å². The second kappa shape index (κ2) is 7.60. The SMILES string of the molecule is COC(=O)CSCc1nc(N)nc(Nc2ccccc2C)n1. The molecule has 0 bridgehead atoms. The highest BCUT2D eigenvalue weighted by atomic mass is 32.2. The highest BCUT2D eigenvalue weighted by molar-refractivity contribution is 7.99. The Balaban J connectivity index is 2.06. The van der Waals surface area contributed by atoms with Crippen LogP contribution in [0.4, 0.5) is 17.6 Å². The Kier molecular flexibility index (Phi) is 5.54. The average molecular weight is 319 g/mol. The molecule has 0 aliphatic rings. The molecule has 0 atom stereocenters. The highest BCUT2D eigenvalue weighted by Gasteiger charge is 2.08. The molecule has 2 aromatic rings. The van der Waals surface area contributed by atoms with Gasteiger partial charge in [0.15, 0.2) is 0 Å². The van der Waals surface area contributed by atoms with Gasteiger partial charge in [0.2, 0.25) is 11.9 Å². The monoisotopic (exact) mass is 319 g/mol. The fourth-order valence-electron chi connectivity index (χ4n) is 1.68. The summed E-state index contributed by atoms with van der Waals surface area (Å²) >= 11 is 1.36. The number of aromatic nitrogens is 3. The molecule has 0 unspecified atom stereocenters. The second-order valence-electron chi connectivity index (χ2n) is 4.44. The molecule has 22 heavy (non-hydrogen) atoms. The van der Waals surface area contributed by atoms with E-state index in [0.29, 0.717) is 17.5 Å². The summed E-state index contributed by atoms with van der Waals surface area (Å²) in [5, 5.41) is 3.12. The number of methoxy groups -OCH3 is 1. The average Bonchev–Trinajstić information content (AvgIpc) is 2.49. The Hall–Kier alpha value is -2.35. The number of ether oxygens (including phenoxy) is 1. The number of nitrogens with one attached hydrogen (secondary N) is 1. The van der Waals surface area contributed by atoms with Gasteiger partial charge in [-0.3, -0.25) is 4.79 Å². The van der Waals surface area contributed by atoms with Crippen LogP contribution in [0, 0.1) is 6.92 Å². The molecule has 8 heteroatoms. The summed E-state index contributed by atoms with van der Waals surface area (Å²) in [6.45, 7) is 1.99. The van der Waals surface area contributed by atoms with Crippen molar-refractivity contribution < 1.29 is 9.53 Å². The minimum atomic E-state index is -0.287. The summed E-state index contributed by atoms with van der Waals surface area (Å²) in [7, 11) is 1.36. The van der Waals surface area contributed by atoms with Gasteiger partial charge in [-0.15, -0.1) is 11.8 Å². The zero-order valence-electron chi connectivity index (χ0n) is 12.4. The predicted molar refractivity (Wildman–Crippen MR) is 86.9 cm³/mol. The normalized spacial score (nSPS) is 10.3. The first-order valence-electron chi connectivity index (χ1n) is 6.56. The van der Waals surface area contributed by atoms with Gasteiger partial charge in [0.25, 0.3) is 0 Å². The van der Waals surface area contributed by atoms with Crippen molar-refractivity contribution in [3.05, 3.63) is 35.7 Å². The number of nitrogen functional groups attached to an aromatic ring is 1. The van der Waals surface area contributed by atoms with Crippen molar-refractivity contribution in [2.75, 3.05) is 23.9 Å². The van der Waals surface area contributed by atoms with Crippen LogP contribution in [-0.2, 0) is 15.3 Å². The number of hydrogen-bond acceptors (Lipinski definition) is 8. The number of aryl methyl sites for hydroxylation is 1. The van der Waals surface area contributed by atoms with Crippen molar-refractivity contribution in [1.29, 1.82) is 0 Å². The van der Waals surface area contributed by atoms with E-state index >= 15 is 0 Å². The van der Waals surface area contributed by atoms with Gasteiger partial charge in [0.1, 0.15) is 5.82 Å². The van der Waals surface area contributed by atoms with Gasteiger partial charge < -0.3 is 15.8 Å². The molecule has 0 spiro atoms. The largest absolute Gasteiger partial charge is 0.468 e. The lowest BCUT2D eigenvalue weighted by Crippen LogP contribution is -2.08. The van der Waals surface area contributed by atoms with Crippen molar-refractivity contribution in [2.45, 2.75) is 12.7 Å². The van der Waals surface area contributed by atoms with E-state index in [1.807, 2.05) is 31.2 Å². The van der Waals surface area contributed by atoms with Crippen LogP contribution in [0.25, 0.3) is 0 Å². The van der Waals surface area contributed by atoms with E-state index in [2.05, 4.69) is 25.0 Å². The Morgan fingerprint density at radius 1 is 1.32 bits per heavy atom. The molecule has 116 valence electrons. The maximum absolute atomic E-state index is 11.1. The van der Waals surface area contributed by atoms with Crippen molar-refractivity contribution in [1.82, 2.24) is 15.0 Å². The summed E-state index contributed by atoms with van der Waals surface area (Å²) in [6.07, 6.45) is 0. The van der Waals surface area contributed by atoms with E-state index in [0.717, 1.165) is 11.3 Å². The zero-order valence-corrected chi connectivity index (χ0v) is 13.2. The fraction of sp³-hybridized carbons (Fsp3) is 0.286. The molecule has 0 aliphatic heterocycles. The smallest absolute Gasteiger partial charge is 0.315 e. The summed E-state index contributed by atoms with van der Waals surface area (Å²) < 4.78 is 4.58. The number of para-hydroxylation sites is 1. The molecular weight excluding hydrogens is 302 g/mol. The maximum atomic E-state index is 11.1. The van der Waals surface area contributed by atoms with Gasteiger partial charge in [-0.2, -0.15) is 15.0 Å². The van der Waals surface area contributed by atoms with Crippen molar-refractivity contribution in [3.63, 3.8) is 0 Å². The molecule has 1 aromatic carbocycles. The van der Waals surface area contributed by atoms with E-state index in [-0.39, 0.29) is 17.7 Å². The minimum absolute atomic E-state index is 0.139. The Morgan fingerprint density at radius 3 is 2.82 bits per heavy atom. The molecule has 0 radical (unpaired) electrons. The third-order valence-electron chi connectivity index (χ3n) is 2.77. The molecule has 0 fully saturated rings. The van der Waals surface area contributed by atoms with Crippen LogP contribution < -0.4 is 11.1 Å². The van der Waals surface area contributed by atoms with Crippen molar-refractivity contribution >= 4 is 35.3 Å². The van der Waals surface area contributed by atoms with Gasteiger partial charge in [-0.05, 0) is 18.6 Å². The van der Waals surface area contributed by atoms with Crippen LogP contribution in [-0.4, -0.2) is 33.8 Å². The molecule has 1 heterocycles. The van der Waals surface area contributed by atoms with Crippen LogP contribution >= 0.6 is 11.8 Å². The number of rotatable bonds is 6. The molecule has 1 aromatic heterocycles. The molecule has 0 amide bonds. The van der Waals surface area contributed by atoms with E-state index in [1.165, 1.54) is 18.9 Å². The molecule has 7 nitrogen and oxygen atoms in total. The molecule has 0 saturated heterocycles. The van der Waals surface area contributed by atoms with Gasteiger partial charge in [-0.1, -0.05) is 18.2 Å². The molecular formula is C14H17N5O2S. The van der Waals surface area contributed by atoms with Gasteiger partial charge in [-0.25, -0.2) is 0 Å². The summed E-state index contributed by atoms with van der Waals surface area (Å²) in [5.41, 5.74) is 7.68. The van der Waals surface area contributed by atoms with E-state index < -0.39 is 0 Å². The third-order valence-corrected chi connectivity index (χ3v) is 3.67. The maximum Gasteiger partial charge on any atom is 0.315 e. The zero-order chi connectivity index (χ0) is 15.9. The number of esters is 1. The van der Waals surface area contributed by atoms with Gasteiger partial charge in [0.05, 0.1) is 18.6 Å². The van der Waals surface area contributed by atoms with Crippen LogP contribution in [0.2, 0.25) is 0 Å². The summed E-state index contributed by atoms with van der Waals surface area (Å²) in [4.78, 5) is 23.5. The third kappa shape index (κ3) is 4.59. The number of carbonyl (C=O) groups is 1. The number of nitrogens with two attached hydrogens (primary N) is 1. The number of thioether (sulfide) groups is 1. The quantitative estimate of drug-likeness (QED) is 0.778. The molecule has 2 rings (SSSR count). The molecule has 0 saturated carbocycles. The topological polar surface area (TPSA) is 103 Å². The van der Waals surface area contributed by atoms with Crippen molar-refractivity contribution in [2.24, 2.45) is 0 Å². The second-order valence-corrected chi connectivity index (χ2v) is 5.43. The summed E-state index contributed by atoms with van der Waals surface area (Å²) in [6, 6.07) is 7.80. The lowest BCUT2D eigenvalue weighted by atomic mass is 10.2. The number of anilines is 3. The fourth-order valence-corrected chi connectivity index (χ4v) is 2.37. The van der Waals surface area contributed by atoms with Crippen LogP contribution in [0.5, 0.6) is 0 Å². The Bertz CT molecular complexity index is 665. The van der Waals surface area contributed by atoms with E-state index in [1.54, 1.807) is 0 Å². The Labute approximate surface area is 132 Å². The lowest BCUT2D eigenvalue weighted by molar-refractivity contribution is -0.137. The van der Waals surface area contributed by atoms with Crippen LogP contribution in [0.3, 0.4) is 0 Å². The molecule has 3 N–H and O–H groups in total. The number of benzene rings is 1. The van der Waals surface area contributed by atoms with Gasteiger partial charge >= 0.3 is 5.97 Å². The summed E-state index contributed by atoms with van der Waals surface area (Å²) in [5.74, 6) is 1.44. The van der Waals surface area contributed by atoms with Gasteiger partial charge in [0, 0.05) is 5.69 Å². The first-order valence-corrected chi connectivity index (χ1v) is 7.71. The minimum Gasteiger partial charge on any atom is -0.468 e. The van der Waals surface area contributed by atoms with E-state index in [4.69, 9.17) is 5.73 Å². The molecule has 0 aliphatic carbocycles. The standard InChI is InChI=1S/C14H17N5O2S/c1-9-5-3-4-6-10(9)16-14-18-11(17-13(15)19-14)7-22-8-12(20)21-2/h3-6H,7-8H2,1-2H3,(H3,15,16,17,18,19). The van der Waals surface area contributed by atoms with E-state index in [9.17, 15) is 4.79 Å². The van der Waals surface area contributed by atoms with Crippen LogP contribution in [0.15, 0.2) is 24.3 Å². The predicted octanol–water partition coefficient (Wildman–Crippen LogP) is 1.91. The lowest BCUT2D eigenvalue weighted by Gasteiger charge is -2.09. The number of hydrogen-bond donors (Lipinski definition) is 2. The Morgan fingerprint density at radius 2 is 2.09 bits per heavy atom. The first-order chi connectivity index (χ1) is 10.6.